The summed E-state index contributed by atoms with van der Waals surface area (Å²) in [5, 5.41) is 8.99. The molecular formula is C11H9IO6. The molecule has 0 heterocycles. The lowest BCUT2D eigenvalue weighted by atomic mass is 10.2. The van der Waals surface area contributed by atoms with Crippen LogP contribution in [0, 0.1) is 3.57 Å². The quantitative estimate of drug-likeness (QED) is 0.500. The summed E-state index contributed by atoms with van der Waals surface area (Å²) in [6.45, 7) is 2.30. The molecule has 0 saturated carbocycles. The van der Waals surface area contributed by atoms with E-state index in [1.165, 1.54) is 19.1 Å². The Bertz CT molecular complexity index is 523. The van der Waals surface area contributed by atoms with Crippen LogP contribution in [-0.4, -0.2) is 23.0 Å². The maximum atomic E-state index is 11.0. The Morgan fingerprint density at radius 3 is 2.00 bits per heavy atom. The summed E-state index contributed by atoms with van der Waals surface area (Å²) in [5.74, 6) is -2.96. The number of hydrogen-bond donors (Lipinski definition) is 1. The molecular weight excluding hydrogens is 355 g/mol. The van der Waals surface area contributed by atoms with Crippen molar-refractivity contribution in [1.82, 2.24) is 0 Å². The Morgan fingerprint density at radius 1 is 1.06 bits per heavy atom. The van der Waals surface area contributed by atoms with E-state index < -0.39 is 17.9 Å². The first-order chi connectivity index (χ1) is 8.32. The van der Waals surface area contributed by atoms with Gasteiger partial charge in [-0.1, -0.05) is 0 Å². The normalized spacial score (nSPS) is 9.72. The molecule has 0 saturated heterocycles. The van der Waals surface area contributed by atoms with Crippen LogP contribution in [0.1, 0.15) is 24.2 Å². The molecule has 0 unspecified atom stereocenters. The van der Waals surface area contributed by atoms with Crippen molar-refractivity contribution in [2.75, 3.05) is 0 Å². The minimum atomic E-state index is -1.28. The smallest absolute Gasteiger partial charge is 0.339 e. The lowest BCUT2D eigenvalue weighted by molar-refractivity contribution is -0.134. The van der Waals surface area contributed by atoms with Gasteiger partial charge in [0.15, 0.2) is 11.5 Å². The van der Waals surface area contributed by atoms with E-state index in [1.807, 2.05) is 22.6 Å². The Kier molecular flexibility index (Phi) is 4.65. The number of esters is 2. The predicted octanol–water partition coefficient (Wildman–Crippen LogP) is 1.84. The van der Waals surface area contributed by atoms with Gasteiger partial charge in [-0.2, -0.15) is 0 Å². The topological polar surface area (TPSA) is 89.9 Å². The van der Waals surface area contributed by atoms with Gasteiger partial charge in [-0.15, -0.1) is 0 Å². The molecule has 0 aliphatic heterocycles. The highest BCUT2D eigenvalue weighted by Crippen LogP contribution is 2.36. The van der Waals surface area contributed by atoms with E-state index in [9.17, 15) is 14.4 Å². The molecule has 0 fully saturated rings. The minimum absolute atomic E-state index is 0.0711. The van der Waals surface area contributed by atoms with Crippen LogP contribution >= 0.6 is 22.6 Å². The zero-order valence-electron chi connectivity index (χ0n) is 9.52. The number of carboxylic acids is 1. The van der Waals surface area contributed by atoms with E-state index >= 15 is 0 Å². The van der Waals surface area contributed by atoms with Gasteiger partial charge >= 0.3 is 17.9 Å². The molecule has 0 spiro atoms. The Hall–Kier alpha value is -1.64. The van der Waals surface area contributed by atoms with Gasteiger partial charge in [0.1, 0.15) is 5.56 Å². The molecule has 7 heteroatoms. The van der Waals surface area contributed by atoms with Crippen LogP contribution in [0.2, 0.25) is 0 Å². The SMILES string of the molecule is CC(=O)Oc1c(I)ccc(C(=O)O)c1OC(C)=O. The molecule has 1 rings (SSSR count). The van der Waals surface area contributed by atoms with Gasteiger partial charge < -0.3 is 14.6 Å². The van der Waals surface area contributed by atoms with Crippen LogP contribution < -0.4 is 9.47 Å². The Balaban J connectivity index is 3.43. The minimum Gasteiger partial charge on any atom is -0.478 e. The van der Waals surface area contributed by atoms with Crippen molar-refractivity contribution in [1.29, 1.82) is 0 Å². The third-order valence-electron chi connectivity index (χ3n) is 1.79. The number of halogens is 1. The molecule has 1 aromatic rings. The van der Waals surface area contributed by atoms with E-state index in [0.29, 0.717) is 3.57 Å². The number of ether oxygens (including phenoxy) is 2. The standard InChI is InChI=1S/C11H9IO6/c1-5(13)17-9-7(11(15)16)3-4-8(12)10(9)18-6(2)14/h3-4H,1-2H3,(H,15,16). The summed E-state index contributed by atoms with van der Waals surface area (Å²) in [6, 6.07) is 2.73. The van der Waals surface area contributed by atoms with E-state index in [0.717, 1.165) is 6.92 Å². The number of rotatable bonds is 3. The van der Waals surface area contributed by atoms with Crippen LogP contribution in [0.4, 0.5) is 0 Å². The summed E-state index contributed by atoms with van der Waals surface area (Å²) < 4.78 is 10.2. The fourth-order valence-electron chi connectivity index (χ4n) is 1.19. The molecule has 18 heavy (non-hydrogen) atoms. The van der Waals surface area contributed by atoms with Crippen LogP contribution in [0.3, 0.4) is 0 Å². The molecule has 0 bridgehead atoms. The first kappa shape index (κ1) is 14.4. The summed E-state index contributed by atoms with van der Waals surface area (Å²) in [5.41, 5.74) is -0.248. The van der Waals surface area contributed by atoms with Crippen molar-refractivity contribution in [2.24, 2.45) is 0 Å². The average molecular weight is 364 g/mol. The van der Waals surface area contributed by atoms with Gasteiger partial charge in [0.05, 0.1) is 3.57 Å². The van der Waals surface area contributed by atoms with Crippen molar-refractivity contribution in [2.45, 2.75) is 13.8 Å². The predicted molar refractivity (Wildman–Crippen MR) is 68.7 cm³/mol. The molecule has 0 aromatic heterocycles. The van der Waals surface area contributed by atoms with Crippen molar-refractivity contribution in [3.05, 3.63) is 21.3 Å². The molecule has 1 N–H and O–H groups in total. The lowest BCUT2D eigenvalue weighted by Crippen LogP contribution is -2.12. The van der Waals surface area contributed by atoms with Crippen LogP contribution in [0.5, 0.6) is 11.5 Å². The Labute approximate surface area is 116 Å². The molecule has 0 amide bonds. The zero-order valence-corrected chi connectivity index (χ0v) is 11.7. The average Bonchev–Trinajstić information content (AvgIpc) is 2.21. The fraction of sp³-hybridized carbons (Fsp3) is 0.182. The molecule has 96 valence electrons. The summed E-state index contributed by atoms with van der Waals surface area (Å²) in [7, 11) is 0. The van der Waals surface area contributed by atoms with E-state index in [4.69, 9.17) is 14.6 Å². The van der Waals surface area contributed by atoms with Gasteiger partial charge in [-0.25, -0.2) is 4.79 Å². The van der Waals surface area contributed by atoms with Gasteiger partial charge in [-0.3, -0.25) is 9.59 Å². The van der Waals surface area contributed by atoms with E-state index in [-0.39, 0.29) is 17.1 Å². The number of carboxylic acid groups (broad SMARTS) is 1. The molecule has 6 nitrogen and oxygen atoms in total. The number of aromatic carboxylic acids is 1. The van der Waals surface area contributed by atoms with Gasteiger partial charge in [0, 0.05) is 13.8 Å². The van der Waals surface area contributed by atoms with Gasteiger partial charge in [0.25, 0.3) is 0 Å². The van der Waals surface area contributed by atoms with E-state index in [2.05, 4.69) is 0 Å². The number of carbonyl (C=O) groups excluding carboxylic acids is 2. The lowest BCUT2D eigenvalue weighted by Gasteiger charge is -2.12. The zero-order chi connectivity index (χ0) is 13.9. The molecule has 0 aliphatic rings. The number of carbonyl (C=O) groups is 3. The first-order valence-electron chi connectivity index (χ1n) is 4.75. The van der Waals surface area contributed by atoms with E-state index in [1.54, 1.807) is 0 Å². The second-order valence-corrected chi connectivity index (χ2v) is 4.41. The monoisotopic (exact) mass is 364 g/mol. The van der Waals surface area contributed by atoms with Crippen molar-refractivity contribution in [3.8, 4) is 11.5 Å². The van der Waals surface area contributed by atoms with Crippen molar-refractivity contribution >= 4 is 40.5 Å². The number of hydrogen-bond acceptors (Lipinski definition) is 5. The Morgan fingerprint density at radius 2 is 1.56 bits per heavy atom. The van der Waals surface area contributed by atoms with Crippen LogP contribution in [-0.2, 0) is 9.59 Å². The van der Waals surface area contributed by atoms with Gasteiger partial charge in [0.2, 0.25) is 0 Å². The maximum absolute atomic E-state index is 11.0. The van der Waals surface area contributed by atoms with Crippen molar-refractivity contribution < 1.29 is 29.0 Å². The molecule has 0 aliphatic carbocycles. The highest BCUT2D eigenvalue weighted by Gasteiger charge is 2.22. The number of benzene rings is 1. The second kappa shape index (κ2) is 5.80. The second-order valence-electron chi connectivity index (χ2n) is 3.25. The fourth-order valence-corrected chi connectivity index (χ4v) is 1.73. The third-order valence-corrected chi connectivity index (χ3v) is 2.64. The summed E-state index contributed by atoms with van der Waals surface area (Å²) >= 11 is 1.84. The largest absolute Gasteiger partial charge is 0.478 e. The van der Waals surface area contributed by atoms with Crippen molar-refractivity contribution in [3.63, 3.8) is 0 Å². The maximum Gasteiger partial charge on any atom is 0.339 e. The summed E-state index contributed by atoms with van der Waals surface area (Å²) in [4.78, 5) is 33.0. The molecule has 0 atom stereocenters. The molecule has 0 radical (unpaired) electrons. The van der Waals surface area contributed by atoms with Gasteiger partial charge in [-0.05, 0) is 34.7 Å². The van der Waals surface area contributed by atoms with Crippen LogP contribution in [0.15, 0.2) is 12.1 Å². The highest BCUT2D eigenvalue weighted by atomic mass is 127. The van der Waals surface area contributed by atoms with Crippen LogP contribution in [0.25, 0.3) is 0 Å². The summed E-state index contributed by atoms with van der Waals surface area (Å²) in [6.07, 6.45) is 0. The highest BCUT2D eigenvalue weighted by molar-refractivity contribution is 14.1. The first-order valence-corrected chi connectivity index (χ1v) is 5.83. The third kappa shape index (κ3) is 3.42. The molecule has 1 aromatic carbocycles.